The van der Waals surface area contributed by atoms with Crippen LogP contribution < -0.4 is 0 Å². The van der Waals surface area contributed by atoms with E-state index in [1.807, 2.05) is 53.6 Å². The number of amides is 2. The lowest BCUT2D eigenvalue weighted by atomic mass is 9.91. The van der Waals surface area contributed by atoms with Crippen LogP contribution in [0.25, 0.3) is 0 Å². The Morgan fingerprint density at radius 1 is 1.08 bits per heavy atom. The largest absolute Gasteiger partial charge is 0.342 e. The van der Waals surface area contributed by atoms with Gasteiger partial charge < -0.3 is 9.80 Å². The molecule has 5 nitrogen and oxygen atoms in total. The summed E-state index contributed by atoms with van der Waals surface area (Å²) in [6, 6.07) is 13.8. The maximum absolute atomic E-state index is 13.1. The minimum Gasteiger partial charge on any atom is -0.342 e. The predicted molar refractivity (Wildman–Crippen MR) is 91.3 cm³/mol. The van der Waals surface area contributed by atoms with Gasteiger partial charge >= 0.3 is 0 Å². The summed E-state index contributed by atoms with van der Waals surface area (Å²) in [6.07, 6.45) is 5.03. The minimum absolute atomic E-state index is 0.121. The summed E-state index contributed by atoms with van der Waals surface area (Å²) < 4.78 is 0. The molecule has 5 heteroatoms. The third-order valence-corrected chi connectivity index (χ3v) is 4.44. The fourth-order valence-electron chi connectivity index (χ4n) is 3.06. The molecule has 0 aliphatic carbocycles. The first-order valence-electron chi connectivity index (χ1n) is 8.20. The number of hydrogen-bond donors (Lipinski definition) is 0. The van der Waals surface area contributed by atoms with Gasteiger partial charge in [0.05, 0.1) is 5.92 Å². The number of pyridine rings is 1. The molecule has 1 fully saturated rings. The average Bonchev–Trinajstić information content (AvgIpc) is 2.67. The molecule has 1 atom stereocenters. The van der Waals surface area contributed by atoms with E-state index in [2.05, 4.69) is 4.98 Å². The van der Waals surface area contributed by atoms with E-state index in [4.69, 9.17) is 0 Å². The molecule has 2 amide bonds. The minimum atomic E-state index is -0.224. The highest BCUT2D eigenvalue weighted by Gasteiger charge is 2.28. The molecule has 1 aliphatic heterocycles. The summed E-state index contributed by atoms with van der Waals surface area (Å²) in [4.78, 5) is 31.7. The highest BCUT2D eigenvalue weighted by Crippen LogP contribution is 2.24. The average molecular weight is 323 g/mol. The Morgan fingerprint density at radius 2 is 1.83 bits per heavy atom. The maximum Gasteiger partial charge on any atom is 0.230 e. The van der Waals surface area contributed by atoms with Gasteiger partial charge in [0, 0.05) is 38.6 Å². The van der Waals surface area contributed by atoms with Crippen molar-refractivity contribution >= 4 is 12.3 Å². The van der Waals surface area contributed by atoms with Crippen molar-refractivity contribution in [1.82, 2.24) is 14.8 Å². The van der Waals surface area contributed by atoms with E-state index in [9.17, 15) is 9.59 Å². The van der Waals surface area contributed by atoms with Gasteiger partial charge in [-0.05, 0) is 23.6 Å². The second-order valence-corrected chi connectivity index (χ2v) is 6.00. The summed E-state index contributed by atoms with van der Waals surface area (Å²) in [5, 5.41) is 0. The van der Waals surface area contributed by atoms with Gasteiger partial charge in [-0.1, -0.05) is 36.4 Å². The summed E-state index contributed by atoms with van der Waals surface area (Å²) in [5.41, 5.74) is 2.07. The Labute approximate surface area is 141 Å². The molecule has 124 valence electrons. The van der Waals surface area contributed by atoms with Gasteiger partial charge in [-0.2, -0.15) is 0 Å². The molecule has 0 N–H and O–H groups in total. The molecule has 1 aromatic carbocycles. The van der Waals surface area contributed by atoms with Crippen LogP contribution in [0.15, 0.2) is 54.9 Å². The first-order valence-corrected chi connectivity index (χ1v) is 8.20. The van der Waals surface area contributed by atoms with Crippen molar-refractivity contribution in [3.63, 3.8) is 0 Å². The van der Waals surface area contributed by atoms with Crippen LogP contribution in [0.4, 0.5) is 0 Å². The van der Waals surface area contributed by atoms with Crippen molar-refractivity contribution in [1.29, 1.82) is 0 Å². The number of rotatable bonds is 5. The molecule has 0 saturated carbocycles. The van der Waals surface area contributed by atoms with Crippen LogP contribution in [-0.4, -0.2) is 53.3 Å². The van der Waals surface area contributed by atoms with Crippen molar-refractivity contribution in [3.05, 3.63) is 66.0 Å². The predicted octanol–water partition coefficient (Wildman–Crippen LogP) is 1.71. The van der Waals surface area contributed by atoms with Crippen molar-refractivity contribution in [2.24, 2.45) is 0 Å². The van der Waals surface area contributed by atoms with Gasteiger partial charge in [-0.25, -0.2) is 0 Å². The van der Waals surface area contributed by atoms with Crippen molar-refractivity contribution < 1.29 is 9.59 Å². The second-order valence-electron chi connectivity index (χ2n) is 6.00. The number of hydrogen-bond acceptors (Lipinski definition) is 3. The summed E-state index contributed by atoms with van der Waals surface area (Å²) in [6.45, 7) is 2.38. The molecule has 0 spiro atoms. The van der Waals surface area contributed by atoms with Gasteiger partial charge in [0.2, 0.25) is 12.3 Å². The van der Waals surface area contributed by atoms with Crippen LogP contribution in [0.5, 0.6) is 0 Å². The van der Waals surface area contributed by atoms with E-state index >= 15 is 0 Å². The van der Waals surface area contributed by atoms with Crippen LogP contribution in [0, 0.1) is 0 Å². The molecule has 3 rings (SSSR count). The molecular weight excluding hydrogens is 302 g/mol. The lowest BCUT2D eigenvalue weighted by Gasteiger charge is -2.35. The quantitative estimate of drug-likeness (QED) is 0.787. The van der Waals surface area contributed by atoms with Gasteiger partial charge in [-0.3, -0.25) is 14.6 Å². The zero-order valence-corrected chi connectivity index (χ0v) is 13.5. The zero-order valence-electron chi connectivity index (χ0n) is 13.5. The van der Waals surface area contributed by atoms with Crippen molar-refractivity contribution in [2.45, 2.75) is 12.3 Å². The maximum atomic E-state index is 13.1. The van der Waals surface area contributed by atoms with Crippen LogP contribution in [0.2, 0.25) is 0 Å². The summed E-state index contributed by atoms with van der Waals surface area (Å²) in [7, 11) is 0. The first kappa shape index (κ1) is 16.2. The smallest absolute Gasteiger partial charge is 0.230 e. The number of benzene rings is 1. The number of piperazine rings is 1. The first-order chi connectivity index (χ1) is 11.8. The van der Waals surface area contributed by atoms with E-state index in [1.165, 1.54) is 0 Å². The van der Waals surface area contributed by atoms with Gasteiger partial charge in [0.1, 0.15) is 0 Å². The number of aromatic nitrogens is 1. The monoisotopic (exact) mass is 323 g/mol. The van der Waals surface area contributed by atoms with Gasteiger partial charge in [0.25, 0.3) is 0 Å². The highest BCUT2D eigenvalue weighted by atomic mass is 16.2. The summed E-state index contributed by atoms with van der Waals surface area (Å²) >= 11 is 0. The van der Waals surface area contributed by atoms with Gasteiger partial charge in [-0.15, -0.1) is 0 Å². The Kier molecular flexibility index (Phi) is 5.21. The summed E-state index contributed by atoms with van der Waals surface area (Å²) in [5.74, 6) is -0.103. The number of carbonyl (C=O) groups excluding carboxylic acids is 2. The molecular formula is C19H21N3O2. The Hall–Kier alpha value is -2.69. The normalized spacial score (nSPS) is 15.8. The molecule has 0 radical (unpaired) electrons. The molecule has 24 heavy (non-hydrogen) atoms. The highest BCUT2D eigenvalue weighted by molar-refractivity contribution is 5.84. The topological polar surface area (TPSA) is 53.5 Å². The van der Waals surface area contributed by atoms with Crippen LogP contribution in [-0.2, 0) is 16.0 Å². The zero-order chi connectivity index (χ0) is 16.8. The van der Waals surface area contributed by atoms with E-state index in [1.54, 1.807) is 11.1 Å². The van der Waals surface area contributed by atoms with Crippen LogP contribution in [0.1, 0.15) is 17.0 Å². The molecule has 1 aliphatic rings. The lowest BCUT2D eigenvalue weighted by molar-refractivity contribution is -0.136. The SMILES string of the molecule is O=CN1CCN(C(=O)C(Cc2cccnc2)c2ccccc2)CC1. The second kappa shape index (κ2) is 7.73. The Morgan fingerprint density at radius 3 is 2.46 bits per heavy atom. The van der Waals surface area contributed by atoms with E-state index in [0.717, 1.165) is 17.5 Å². The third-order valence-electron chi connectivity index (χ3n) is 4.44. The molecule has 1 unspecified atom stereocenters. The Balaban J connectivity index is 1.79. The van der Waals surface area contributed by atoms with E-state index in [-0.39, 0.29) is 11.8 Å². The van der Waals surface area contributed by atoms with E-state index < -0.39 is 0 Å². The third kappa shape index (κ3) is 3.79. The molecule has 1 saturated heterocycles. The van der Waals surface area contributed by atoms with Gasteiger partial charge in [0.15, 0.2) is 0 Å². The molecule has 2 heterocycles. The molecule has 1 aromatic heterocycles. The standard InChI is InChI=1S/C19H21N3O2/c23-15-21-9-11-22(12-10-21)19(24)18(17-6-2-1-3-7-17)13-16-5-4-8-20-14-16/h1-8,14-15,18H,9-13H2. The van der Waals surface area contributed by atoms with Crippen LogP contribution in [0.3, 0.4) is 0 Å². The Bertz CT molecular complexity index is 668. The van der Waals surface area contributed by atoms with Crippen molar-refractivity contribution in [2.75, 3.05) is 26.2 Å². The fraction of sp³-hybridized carbons (Fsp3) is 0.316. The molecule has 2 aromatic rings. The van der Waals surface area contributed by atoms with Crippen molar-refractivity contribution in [3.8, 4) is 0 Å². The van der Waals surface area contributed by atoms with Crippen LogP contribution >= 0.6 is 0 Å². The number of nitrogens with zero attached hydrogens (tertiary/aromatic N) is 3. The van der Waals surface area contributed by atoms with E-state index in [0.29, 0.717) is 32.6 Å². The number of carbonyl (C=O) groups is 2. The molecule has 0 bridgehead atoms. The fourth-order valence-corrected chi connectivity index (χ4v) is 3.06. The lowest BCUT2D eigenvalue weighted by Crippen LogP contribution is -2.49.